The van der Waals surface area contributed by atoms with Gasteiger partial charge in [0.1, 0.15) is 0 Å². The van der Waals surface area contributed by atoms with Gasteiger partial charge in [-0.05, 0) is 24.4 Å². The first-order valence-corrected chi connectivity index (χ1v) is 5.39. The minimum absolute atomic E-state index is 0.177. The molecule has 0 spiro atoms. The molecule has 2 rings (SSSR count). The van der Waals surface area contributed by atoms with Crippen molar-refractivity contribution in [3.05, 3.63) is 30.3 Å². The third-order valence-corrected chi connectivity index (χ3v) is 2.72. The van der Waals surface area contributed by atoms with Gasteiger partial charge in [-0.2, -0.15) is 0 Å². The van der Waals surface area contributed by atoms with Crippen LogP contribution >= 0.6 is 12.2 Å². The zero-order valence-electron chi connectivity index (χ0n) is 9.45. The van der Waals surface area contributed by atoms with Crippen LogP contribution in [0.2, 0.25) is 0 Å². The zero-order valence-corrected chi connectivity index (χ0v) is 10.3. The van der Waals surface area contributed by atoms with Crippen LogP contribution in [0.4, 0.5) is 5.69 Å². The summed E-state index contributed by atoms with van der Waals surface area (Å²) in [5.41, 5.74) is 0.597. The highest BCUT2D eigenvalue weighted by atomic mass is 32.1. The molecule has 0 atom stereocenters. The number of benzene rings is 1. The lowest BCUT2D eigenvalue weighted by molar-refractivity contribution is -0.144. The van der Waals surface area contributed by atoms with Crippen LogP contribution in [-0.2, 0) is 9.59 Å². The van der Waals surface area contributed by atoms with Crippen molar-refractivity contribution in [1.82, 2.24) is 10.0 Å². The Morgan fingerprint density at radius 2 is 1.65 bits per heavy atom. The fourth-order valence-corrected chi connectivity index (χ4v) is 2.05. The second-order valence-corrected chi connectivity index (χ2v) is 4.09. The number of thiocarbonyl (C=S) groups is 1. The van der Waals surface area contributed by atoms with Gasteiger partial charge in [-0.3, -0.25) is 9.59 Å². The molecule has 0 bridgehead atoms. The molecule has 0 radical (unpaired) electrons. The quantitative estimate of drug-likeness (QED) is 0.569. The summed E-state index contributed by atoms with van der Waals surface area (Å²) in [7, 11) is 3.32. The molecule has 1 saturated heterocycles. The van der Waals surface area contributed by atoms with Gasteiger partial charge < -0.3 is 0 Å². The maximum atomic E-state index is 11.9. The van der Waals surface area contributed by atoms with Gasteiger partial charge in [0.2, 0.25) is 5.11 Å². The topological polar surface area (TPSA) is 43.9 Å². The van der Waals surface area contributed by atoms with Crippen LogP contribution in [0.5, 0.6) is 0 Å². The smallest absolute Gasteiger partial charge is 0.262 e. The van der Waals surface area contributed by atoms with E-state index in [9.17, 15) is 9.59 Å². The molecule has 2 amide bonds. The fraction of sp³-hybridized carbons (Fsp3) is 0.182. The number of hydrogen-bond donors (Lipinski definition) is 0. The first-order valence-electron chi connectivity index (χ1n) is 4.99. The van der Waals surface area contributed by atoms with E-state index in [1.54, 1.807) is 38.4 Å². The lowest BCUT2D eigenvalue weighted by Gasteiger charge is -2.23. The van der Waals surface area contributed by atoms with Gasteiger partial charge in [0.15, 0.2) is 0 Å². The molecule has 0 aliphatic carbocycles. The maximum Gasteiger partial charge on any atom is 0.333 e. The predicted octanol–water partition coefficient (Wildman–Crippen LogP) is 0.623. The van der Waals surface area contributed by atoms with E-state index in [1.807, 2.05) is 6.07 Å². The molecule has 88 valence electrons. The predicted molar refractivity (Wildman–Crippen MR) is 67.1 cm³/mol. The molecule has 0 saturated carbocycles. The van der Waals surface area contributed by atoms with Crippen molar-refractivity contribution in [1.29, 1.82) is 0 Å². The van der Waals surface area contributed by atoms with Gasteiger partial charge in [0.05, 0.1) is 5.69 Å². The summed E-state index contributed by atoms with van der Waals surface area (Å²) < 4.78 is 0. The van der Waals surface area contributed by atoms with Gasteiger partial charge in [-0.1, -0.05) is 18.2 Å². The minimum Gasteiger partial charge on any atom is -0.262 e. The van der Waals surface area contributed by atoms with Crippen molar-refractivity contribution in [3.8, 4) is 0 Å². The summed E-state index contributed by atoms with van der Waals surface area (Å²) in [6.07, 6.45) is 0. The van der Waals surface area contributed by atoms with E-state index in [0.717, 1.165) is 0 Å². The molecule has 1 aromatic rings. The van der Waals surface area contributed by atoms with E-state index < -0.39 is 11.8 Å². The van der Waals surface area contributed by atoms with Crippen molar-refractivity contribution >= 4 is 34.8 Å². The lowest BCUT2D eigenvalue weighted by atomic mass is 10.3. The number of hydrazine groups is 1. The van der Waals surface area contributed by atoms with Crippen molar-refractivity contribution in [2.24, 2.45) is 0 Å². The number of nitrogens with zero attached hydrogens (tertiary/aromatic N) is 3. The highest BCUT2D eigenvalue weighted by Gasteiger charge is 2.43. The summed E-state index contributed by atoms with van der Waals surface area (Å²) in [5, 5.41) is 2.84. The van der Waals surface area contributed by atoms with Gasteiger partial charge in [-0.15, -0.1) is 0 Å². The third kappa shape index (κ3) is 1.81. The standard InChI is InChI=1S/C11H11N3O2S/c1-12(2)14-10(16)9(15)13(11(14)17)8-6-4-3-5-7-8/h3-7H,1-2H3. The molecule has 1 aliphatic heterocycles. The zero-order chi connectivity index (χ0) is 12.6. The fourth-order valence-electron chi connectivity index (χ4n) is 1.61. The molecule has 5 nitrogen and oxygen atoms in total. The number of para-hydroxylation sites is 1. The number of rotatable bonds is 2. The van der Waals surface area contributed by atoms with Crippen LogP contribution in [0, 0.1) is 0 Å². The Bertz CT molecular complexity index is 487. The van der Waals surface area contributed by atoms with Crippen molar-refractivity contribution in [2.75, 3.05) is 19.0 Å². The highest BCUT2D eigenvalue weighted by molar-refractivity contribution is 7.80. The molecule has 1 heterocycles. The Kier molecular flexibility index (Phi) is 2.91. The van der Waals surface area contributed by atoms with Crippen molar-refractivity contribution in [3.63, 3.8) is 0 Å². The Labute approximate surface area is 104 Å². The summed E-state index contributed by atoms with van der Waals surface area (Å²) in [5.74, 6) is -1.27. The molecule has 1 fully saturated rings. The molecular formula is C11H11N3O2S. The number of carbonyl (C=O) groups excluding carboxylic acids is 2. The SMILES string of the molecule is CN(C)N1C(=O)C(=O)N(c2ccccc2)C1=S. The van der Waals surface area contributed by atoms with E-state index in [0.29, 0.717) is 5.69 Å². The monoisotopic (exact) mass is 249 g/mol. The molecular weight excluding hydrogens is 238 g/mol. The van der Waals surface area contributed by atoms with Gasteiger partial charge >= 0.3 is 11.8 Å². The Morgan fingerprint density at radius 1 is 1.06 bits per heavy atom. The Morgan fingerprint density at radius 3 is 2.12 bits per heavy atom. The highest BCUT2D eigenvalue weighted by Crippen LogP contribution is 2.22. The third-order valence-electron chi connectivity index (χ3n) is 2.37. The van der Waals surface area contributed by atoms with E-state index in [-0.39, 0.29) is 5.11 Å². The van der Waals surface area contributed by atoms with E-state index in [2.05, 4.69) is 0 Å². The number of carbonyl (C=O) groups is 2. The van der Waals surface area contributed by atoms with Crippen LogP contribution in [0.15, 0.2) is 30.3 Å². The second-order valence-electron chi connectivity index (χ2n) is 3.72. The average molecular weight is 249 g/mol. The average Bonchev–Trinajstić information content (AvgIpc) is 2.51. The first-order chi connectivity index (χ1) is 8.04. The van der Waals surface area contributed by atoms with Crippen molar-refractivity contribution in [2.45, 2.75) is 0 Å². The number of hydrogen-bond acceptors (Lipinski definition) is 4. The lowest BCUT2D eigenvalue weighted by Crippen LogP contribution is -2.42. The minimum atomic E-state index is -0.635. The summed E-state index contributed by atoms with van der Waals surface area (Å²) in [6.45, 7) is 0. The normalized spacial score (nSPS) is 16.3. The van der Waals surface area contributed by atoms with Crippen LogP contribution in [0.1, 0.15) is 0 Å². The molecule has 1 aromatic carbocycles. The van der Waals surface area contributed by atoms with E-state index in [4.69, 9.17) is 12.2 Å². The second kappa shape index (κ2) is 4.23. The Hall–Kier alpha value is -1.79. The molecule has 0 N–H and O–H groups in total. The number of amides is 2. The largest absolute Gasteiger partial charge is 0.333 e. The van der Waals surface area contributed by atoms with Crippen LogP contribution in [-0.4, -0.2) is 41.0 Å². The molecule has 1 aliphatic rings. The van der Waals surface area contributed by atoms with E-state index in [1.165, 1.54) is 14.9 Å². The summed E-state index contributed by atoms with van der Waals surface area (Å²) in [6, 6.07) is 8.87. The Balaban J connectivity index is 2.41. The first kappa shape index (κ1) is 11.7. The van der Waals surface area contributed by atoms with Crippen molar-refractivity contribution < 1.29 is 9.59 Å². The summed E-state index contributed by atoms with van der Waals surface area (Å²) in [4.78, 5) is 24.8. The van der Waals surface area contributed by atoms with Gasteiger partial charge in [-0.25, -0.2) is 14.9 Å². The molecule has 0 aromatic heterocycles. The van der Waals surface area contributed by atoms with Crippen LogP contribution in [0.3, 0.4) is 0 Å². The van der Waals surface area contributed by atoms with Crippen LogP contribution in [0.25, 0.3) is 0 Å². The van der Waals surface area contributed by atoms with Crippen LogP contribution < -0.4 is 4.90 Å². The van der Waals surface area contributed by atoms with Gasteiger partial charge in [0, 0.05) is 14.1 Å². The molecule has 0 unspecified atom stereocenters. The molecule has 17 heavy (non-hydrogen) atoms. The number of anilines is 1. The van der Waals surface area contributed by atoms with Gasteiger partial charge in [0.25, 0.3) is 0 Å². The van der Waals surface area contributed by atoms with E-state index >= 15 is 0 Å². The maximum absolute atomic E-state index is 11.9. The summed E-state index contributed by atoms with van der Waals surface area (Å²) >= 11 is 5.14. The molecule has 6 heteroatoms.